The third kappa shape index (κ3) is 3.47. The standard InChI is InChI=1S/C10H17N3O2S/c1-14-4-2-9-12-10(15-13-9)6-11-8-3-5-16-7-8/h8,11H,2-7H2,1H3/t8-/m1/s1. The first-order valence-electron chi connectivity index (χ1n) is 5.50. The fourth-order valence-corrected chi connectivity index (χ4v) is 2.77. The fraction of sp³-hybridized carbons (Fsp3) is 0.800. The molecule has 0 amide bonds. The summed E-state index contributed by atoms with van der Waals surface area (Å²) in [7, 11) is 1.67. The highest BCUT2D eigenvalue weighted by Crippen LogP contribution is 2.17. The zero-order valence-electron chi connectivity index (χ0n) is 9.44. The van der Waals surface area contributed by atoms with E-state index in [1.54, 1.807) is 7.11 Å². The van der Waals surface area contributed by atoms with Crippen molar-refractivity contribution in [3.8, 4) is 0 Å². The lowest BCUT2D eigenvalue weighted by Crippen LogP contribution is -2.28. The summed E-state index contributed by atoms with van der Waals surface area (Å²) in [4.78, 5) is 4.28. The van der Waals surface area contributed by atoms with E-state index in [9.17, 15) is 0 Å². The van der Waals surface area contributed by atoms with Crippen LogP contribution in [-0.2, 0) is 17.7 Å². The highest BCUT2D eigenvalue weighted by atomic mass is 32.2. The summed E-state index contributed by atoms with van der Waals surface area (Å²) in [5, 5.41) is 7.31. The van der Waals surface area contributed by atoms with Gasteiger partial charge in [-0.2, -0.15) is 16.7 Å². The number of aromatic nitrogens is 2. The van der Waals surface area contributed by atoms with Crippen LogP contribution >= 0.6 is 11.8 Å². The maximum absolute atomic E-state index is 5.14. The Labute approximate surface area is 99.3 Å². The van der Waals surface area contributed by atoms with E-state index in [0.717, 1.165) is 5.82 Å². The van der Waals surface area contributed by atoms with E-state index in [2.05, 4.69) is 15.5 Å². The molecule has 1 fully saturated rings. The van der Waals surface area contributed by atoms with E-state index in [0.29, 0.717) is 31.5 Å². The monoisotopic (exact) mass is 243 g/mol. The molecule has 16 heavy (non-hydrogen) atoms. The number of nitrogens with one attached hydrogen (secondary N) is 1. The summed E-state index contributed by atoms with van der Waals surface area (Å²) < 4.78 is 10.1. The number of thioether (sulfide) groups is 1. The van der Waals surface area contributed by atoms with Crippen LogP contribution in [0, 0.1) is 0 Å². The number of hydrogen-bond donors (Lipinski definition) is 1. The Morgan fingerprint density at radius 1 is 1.62 bits per heavy atom. The summed E-state index contributed by atoms with van der Waals surface area (Å²) in [5.41, 5.74) is 0. The molecule has 0 aliphatic carbocycles. The second-order valence-corrected chi connectivity index (χ2v) is 4.94. The number of hydrogen-bond acceptors (Lipinski definition) is 6. The van der Waals surface area contributed by atoms with Gasteiger partial charge in [-0.3, -0.25) is 0 Å². The van der Waals surface area contributed by atoms with Gasteiger partial charge in [-0.25, -0.2) is 0 Å². The molecule has 6 heteroatoms. The van der Waals surface area contributed by atoms with E-state index in [1.165, 1.54) is 17.9 Å². The molecule has 1 aromatic heterocycles. The molecular formula is C10H17N3O2S. The molecule has 2 heterocycles. The number of nitrogens with zero attached hydrogens (tertiary/aromatic N) is 2. The second-order valence-electron chi connectivity index (χ2n) is 3.79. The molecule has 5 nitrogen and oxygen atoms in total. The molecule has 0 spiro atoms. The van der Waals surface area contributed by atoms with Crippen LogP contribution in [0.2, 0.25) is 0 Å². The van der Waals surface area contributed by atoms with Gasteiger partial charge in [-0.05, 0) is 12.2 Å². The molecule has 1 saturated heterocycles. The Morgan fingerprint density at radius 3 is 3.31 bits per heavy atom. The summed E-state index contributed by atoms with van der Waals surface area (Å²) in [6.45, 7) is 1.30. The van der Waals surface area contributed by atoms with Crippen molar-refractivity contribution < 1.29 is 9.26 Å². The van der Waals surface area contributed by atoms with Gasteiger partial charge in [0.05, 0.1) is 13.2 Å². The van der Waals surface area contributed by atoms with Gasteiger partial charge in [-0.15, -0.1) is 0 Å². The largest absolute Gasteiger partial charge is 0.384 e. The first-order valence-corrected chi connectivity index (χ1v) is 6.65. The van der Waals surface area contributed by atoms with Gasteiger partial charge in [0, 0.05) is 25.3 Å². The number of rotatable bonds is 6. The van der Waals surface area contributed by atoms with Crippen LogP contribution in [0.1, 0.15) is 18.1 Å². The summed E-state index contributed by atoms with van der Waals surface area (Å²) in [6, 6.07) is 0.597. The van der Waals surface area contributed by atoms with E-state index >= 15 is 0 Å². The van der Waals surface area contributed by atoms with Crippen molar-refractivity contribution in [2.75, 3.05) is 25.2 Å². The van der Waals surface area contributed by atoms with Crippen LogP contribution in [0.25, 0.3) is 0 Å². The molecule has 1 atom stereocenters. The van der Waals surface area contributed by atoms with Crippen LogP contribution in [0.3, 0.4) is 0 Å². The number of ether oxygens (including phenoxy) is 1. The van der Waals surface area contributed by atoms with Gasteiger partial charge in [0.15, 0.2) is 5.82 Å². The lowest BCUT2D eigenvalue weighted by atomic mass is 10.3. The minimum absolute atomic E-state index is 0.597. The summed E-state index contributed by atoms with van der Waals surface area (Å²) in [6.07, 6.45) is 1.94. The van der Waals surface area contributed by atoms with Crippen molar-refractivity contribution in [1.82, 2.24) is 15.5 Å². The van der Waals surface area contributed by atoms with Crippen molar-refractivity contribution in [3.05, 3.63) is 11.7 Å². The lowest BCUT2D eigenvalue weighted by Gasteiger charge is -2.07. The fourth-order valence-electron chi connectivity index (χ4n) is 1.58. The third-order valence-electron chi connectivity index (χ3n) is 2.51. The molecule has 0 bridgehead atoms. The predicted molar refractivity (Wildman–Crippen MR) is 62.4 cm³/mol. The zero-order chi connectivity index (χ0) is 11.2. The molecular weight excluding hydrogens is 226 g/mol. The van der Waals surface area contributed by atoms with E-state index in [-0.39, 0.29) is 0 Å². The Morgan fingerprint density at radius 2 is 2.56 bits per heavy atom. The first kappa shape index (κ1) is 11.9. The van der Waals surface area contributed by atoms with Gasteiger partial charge in [0.1, 0.15) is 0 Å². The van der Waals surface area contributed by atoms with Crippen molar-refractivity contribution in [2.45, 2.75) is 25.4 Å². The van der Waals surface area contributed by atoms with Crippen LogP contribution in [0.5, 0.6) is 0 Å². The molecule has 1 aliphatic rings. The molecule has 0 saturated carbocycles. The van der Waals surface area contributed by atoms with Crippen molar-refractivity contribution >= 4 is 11.8 Å². The average Bonchev–Trinajstić information content (AvgIpc) is 2.95. The Bertz CT molecular complexity index is 313. The van der Waals surface area contributed by atoms with Gasteiger partial charge < -0.3 is 14.6 Å². The Balaban J connectivity index is 1.73. The molecule has 1 aliphatic heterocycles. The normalized spacial score (nSPS) is 20.4. The van der Waals surface area contributed by atoms with Crippen LogP contribution in [-0.4, -0.2) is 41.4 Å². The van der Waals surface area contributed by atoms with Crippen LogP contribution in [0.15, 0.2) is 4.52 Å². The third-order valence-corrected chi connectivity index (χ3v) is 3.67. The molecule has 0 unspecified atom stereocenters. The SMILES string of the molecule is COCCc1noc(CN[C@@H]2CCSC2)n1. The highest BCUT2D eigenvalue weighted by molar-refractivity contribution is 7.99. The smallest absolute Gasteiger partial charge is 0.240 e. The quantitative estimate of drug-likeness (QED) is 0.799. The molecule has 0 aromatic carbocycles. The van der Waals surface area contributed by atoms with E-state index in [4.69, 9.17) is 9.26 Å². The topological polar surface area (TPSA) is 60.2 Å². The molecule has 1 aromatic rings. The van der Waals surface area contributed by atoms with Gasteiger partial charge in [0.25, 0.3) is 0 Å². The number of methoxy groups -OCH3 is 1. The van der Waals surface area contributed by atoms with Crippen molar-refractivity contribution in [3.63, 3.8) is 0 Å². The van der Waals surface area contributed by atoms with Crippen LogP contribution < -0.4 is 5.32 Å². The van der Waals surface area contributed by atoms with Crippen molar-refractivity contribution in [2.24, 2.45) is 0 Å². The summed E-state index contributed by atoms with van der Waals surface area (Å²) in [5.74, 6) is 3.83. The lowest BCUT2D eigenvalue weighted by molar-refractivity contribution is 0.199. The minimum Gasteiger partial charge on any atom is -0.384 e. The molecule has 1 N–H and O–H groups in total. The highest BCUT2D eigenvalue weighted by Gasteiger charge is 2.15. The van der Waals surface area contributed by atoms with Gasteiger partial charge >= 0.3 is 0 Å². The molecule has 2 rings (SSSR count). The molecule has 0 radical (unpaired) electrons. The molecule has 90 valence electrons. The second kappa shape index (κ2) is 6.22. The minimum atomic E-state index is 0.597. The zero-order valence-corrected chi connectivity index (χ0v) is 10.3. The van der Waals surface area contributed by atoms with E-state index < -0.39 is 0 Å². The Kier molecular flexibility index (Phi) is 4.62. The summed E-state index contributed by atoms with van der Waals surface area (Å²) >= 11 is 1.99. The van der Waals surface area contributed by atoms with E-state index in [1.807, 2.05) is 11.8 Å². The predicted octanol–water partition coefficient (Wildman–Crippen LogP) is 0.854. The van der Waals surface area contributed by atoms with Crippen LogP contribution in [0.4, 0.5) is 0 Å². The maximum Gasteiger partial charge on any atom is 0.240 e. The van der Waals surface area contributed by atoms with Crippen molar-refractivity contribution in [1.29, 1.82) is 0 Å². The van der Waals surface area contributed by atoms with Gasteiger partial charge in [-0.1, -0.05) is 5.16 Å². The average molecular weight is 243 g/mol. The Hall–Kier alpha value is -0.590. The van der Waals surface area contributed by atoms with Gasteiger partial charge in [0.2, 0.25) is 5.89 Å². The maximum atomic E-state index is 5.14. The first-order chi connectivity index (χ1) is 7.88.